The van der Waals surface area contributed by atoms with E-state index < -0.39 is 0 Å². The van der Waals surface area contributed by atoms with E-state index in [-0.39, 0.29) is 0 Å². The maximum absolute atomic E-state index is 6.11. The number of hydrogen-bond acceptors (Lipinski definition) is 7. The molecule has 1 fully saturated rings. The first-order valence-corrected chi connectivity index (χ1v) is 9.45. The molecular formula is C20H21ClN6O. The van der Waals surface area contributed by atoms with Gasteiger partial charge in [0.1, 0.15) is 5.75 Å². The van der Waals surface area contributed by atoms with Gasteiger partial charge in [0.2, 0.25) is 5.95 Å². The molecule has 1 aromatic heterocycles. The zero-order valence-corrected chi connectivity index (χ0v) is 16.3. The van der Waals surface area contributed by atoms with Crippen molar-refractivity contribution in [1.82, 2.24) is 15.2 Å². The number of nitrogens with one attached hydrogen (secondary N) is 1. The van der Waals surface area contributed by atoms with Gasteiger partial charge >= 0.3 is 0 Å². The molecule has 3 aromatic rings. The van der Waals surface area contributed by atoms with Crippen molar-refractivity contribution in [1.29, 1.82) is 0 Å². The van der Waals surface area contributed by atoms with Crippen molar-refractivity contribution in [3.05, 3.63) is 59.8 Å². The number of methoxy groups -OCH3 is 1. The predicted octanol–water partition coefficient (Wildman–Crippen LogP) is 3.60. The summed E-state index contributed by atoms with van der Waals surface area (Å²) in [6, 6.07) is 15.6. The monoisotopic (exact) mass is 396 g/mol. The Labute approximate surface area is 168 Å². The molecule has 4 rings (SSSR count). The molecule has 2 aromatic carbocycles. The number of halogens is 1. The molecule has 1 saturated heterocycles. The van der Waals surface area contributed by atoms with Gasteiger partial charge in [-0.15, -0.1) is 5.10 Å². The van der Waals surface area contributed by atoms with Gasteiger partial charge in [0, 0.05) is 42.6 Å². The summed E-state index contributed by atoms with van der Waals surface area (Å²) in [7, 11) is 1.64. The average Bonchev–Trinajstić information content (AvgIpc) is 2.75. The molecule has 0 aliphatic carbocycles. The van der Waals surface area contributed by atoms with Gasteiger partial charge in [0.15, 0.2) is 5.82 Å². The number of piperazine rings is 1. The van der Waals surface area contributed by atoms with Crippen LogP contribution in [0.3, 0.4) is 0 Å². The van der Waals surface area contributed by atoms with Gasteiger partial charge in [-0.05, 0) is 42.5 Å². The summed E-state index contributed by atoms with van der Waals surface area (Å²) in [6.45, 7) is 3.50. The fourth-order valence-corrected chi connectivity index (χ4v) is 3.35. The molecule has 0 unspecified atom stereocenters. The molecule has 0 spiro atoms. The van der Waals surface area contributed by atoms with Crippen LogP contribution >= 0.6 is 11.6 Å². The lowest BCUT2D eigenvalue weighted by molar-refractivity contribution is 0.415. The Balaban J connectivity index is 1.40. The Hall–Kier alpha value is -3.06. The van der Waals surface area contributed by atoms with Gasteiger partial charge in [-0.2, -0.15) is 10.1 Å². The molecule has 0 amide bonds. The molecule has 0 atom stereocenters. The van der Waals surface area contributed by atoms with Crippen LogP contribution in [-0.4, -0.2) is 48.5 Å². The van der Waals surface area contributed by atoms with E-state index in [1.165, 1.54) is 0 Å². The number of ether oxygens (including phenoxy) is 1. The maximum Gasteiger partial charge on any atom is 0.249 e. The van der Waals surface area contributed by atoms with Gasteiger partial charge in [-0.25, -0.2) is 0 Å². The molecule has 0 radical (unpaired) electrons. The van der Waals surface area contributed by atoms with E-state index in [4.69, 9.17) is 16.3 Å². The van der Waals surface area contributed by atoms with Crippen LogP contribution in [0.15, 0.2) is 54.7 Å². The highest BCUT2D eigenvalue weighted by molar-refractivity contribution is 6.30. The normalized spacial score (nSPS) is 14.1. The minimum atomic E-state index is 0.472. The second-order valence-electron chi connectivity index (χ2n) is 6.45. The number of rotatable bonds is 5. The Kier molecular flexibility index (Phi) is 5.43. The lowest BCUT2D eigenvalue weighted by Gasteiger charge is -2.36. The van der Waals surface area contributed by atoms with Crippen LogP contribution < -0.4 is 19.9 Å². The van der Waals surface area contributed by atoms with E-state index >= 15 is 0 Å². The molecule has 0 saturated carbocycles. The van der Waals surface area contributed by atoms with Gasteiger partial charge < -0.3 is 19.9 Å². The Morgan fingerprint density at radius 2 is 1.75 bits per heavy atom. The third-order valence-electron chi connectivity index (χ3n) is 4.67. The van der Waals surface area contributed by atoms with Crippen molar-refractivity contribution in [2.75, 3.05) is 48.4 Å². The van der Waals surface area contributed by atoms with Crippen LogP contribution in [0.25, 0.3) is 0 Å². The number of nitrogens with zero attached hydrogens (tertiary/aromatic N) is 5. The van der Waals surface area contributed by atoms with Crippen LogP contribution in [0.4, 0.5) is 23.1 Å². The van der Waals surface area contributed by atoms with Gasteiger partial charge in [0.05, 0.1) is 13.3 Å². The van der Waals surface area contributed by atoms with E-state index in [0.717, 1.165) is 54.1 Å². The fourth-order valence-electron chi connectivity index (χ4n) is 3.17. The van der Waals surface area contributed by atoms with Crippen LogP contribution in [0, 0.1) is 0 Å². The minimum Gasteiger partial charge on any atom is -0.497 e. The Morgan fingerprint density at radius 1 is 1.00 bits per heavy atom. The quantitative estimate of drug-likeness (QED) is 0.706. The van der Waals surface area contributed by atoms with Crippen LogP contribution in [0.2, 0.25) is 5.02 Å². The van der Waals surface area contributed by atoms with E-state index in [9.17, 15) is 0 Å². The fraction of sp³-hybridized carbons (Fsp3) is 0.250. The molecule has 1 aliphatic heterocycles. The van der Waals surface area contributed by atoms with Crippen LogP contribution in [0.5, 0.6) is 5.75 Å². The molecule has 0 bridgehead atoms. The van der Waals surface area contributed by atoms with Crippen molar-refractivity contribution in [2.24, 2.45) is 0 Å². The summed E-state index contributed by atoms with van der Waals surface area (Å²) in [4.78, 5) is 9.16. The topological polar surface area (TPSA) is 66.4 Å². The van der Waals surface area contributed by atoms with Crippen LogP contribution in [-0.2, 0) is 0 Å². The molecule has 144 valence electrons. The first-order valence-electron chi connectivity index (χ1n) is 9.07. The summed E-state index contributed by atoms with van der Waals surface area (Å²) in [5.41, 5.74) is 2.03. The molecule has 1 N–H and O–H groups in total. The second-order valence-corrected chi connectivity index (χ2v) is 6.88. The van der Waals surface area contributed by atoms with Gasteiger partial charge in [-0.3, -0.25) is 0 Å². The molecule has 8 heteroatoms. The summed E-state index contributed by atoms with van der Waals surface area (Å²) in [5.74, 6) is 2.09. The highest BCUT2D eigenvalue weighted by atomic mass is 35.5. The smallest absolute Gasteiger partial charge is 0.249 e. The Morgan fingerprint density at radius 3 is 2.46 bits per heavy atom. The summed E-state index contributed by atoms with van der Waals surface area (Å²) >= 11 is 6.11. The highest BCUT2D eigenvalue weighted by Crippen LogP contribution is 2.23. The maximum atomic E-state index is 6.11. The minimum absolute atomic E-state index is 0.472. The zero-order chi connectivity index (χ0) is 19.3. The van der Waals surface area contributed by atoms with Crippen molar-refractivity contribution in [2.45, 2.75) is 0 Å². The largest absolute Gasteiger partial charge is 0.497 e. The third-order valence-corrected chi connectivity index (χ3v) is 4.90. The molecular weight excluding hydrogens is 376 g/mol. The van der Waals surface area contributed by atoms with E-state index in [1.807, 2.05) is 42.5 Å². The van der Waals surface area contributed by atoms with Gasteiger partial charge in [0.25, 0.3) is 0 Å². The Bertz CT molecular complexity index is 928. The summed E-state index contributed by atoms with van der Waals surface area (Å²) in [6.07, 6.45) is 1.70. The third kappa shape index (κ3) is 4.26. The number of anilines is 4. The number of aromatic nitrogens is 3. The summed E-state index contributed by atoms with van der Waals surface area (Å²) < 4.78 is 5.18. The average molecular weight is 397 g/mol. The lowest BCUT2D eigenvalue weighted by atomic mass is 10.2. The molecule has 1 aliphatic rings. The van der Waals surface area contributed by atoms with Crippen LogP contribution in [0.1, 0.15) is 0 Å². The first-order chi connectivity index (χ1) is 13.7. The van der Waals surface area contributed by atoms with E-state index in [0.29, 0.717) is 5.95 Å². The number of hydrogen-bond donors (Lipinski definition) is 1. The summed E-state index contributed by atoms with van der Waals surface area (Å²) in [5, 5.41) is 12.1. The van der Waals surface area contributed by atoms with Gasteiger partial charge in [-0.1, -0.05) is 17.7 Å². The SMILES string of the molecule is COc1ccc(Nc2nncc(N3CCN(c4cccc(Cl)c4)CC3)n2)cc1. The van der Waals surface area contributed by atoms with Crippen molar-refractivity contribution < 1.29 is 4.74 Å². The van der Waals surface area contributed by atoms with E-state index in [1.54, 1.807) is 13.3 Å². The van der Waals surface area contributed by atoms with Crippen molar-refractivity contribution >= 4 is 34.7 Å². The predicted molar refractivity (Wildman–Crippen MR) is 112 cm³/mol. The highest BCUT2D eigenvalue weighted by Gasteiger charge is 2.19. The van der Waals surface area contributed by atoms with Crippen molar-refractivity contribution in [3.8, 4) is 5.75 Å². The molecule has 28 heavy (non-hydrogen) atoms. The van der Waals surface area contributed by atoms with E-state index in [2.05, 4.69) is 36.4 Å². The lowest BCUT2D eigenvalue weighted by Crippen LogP contribution is -2.46. The second kappa shape index (κ2) is 8.31. The van der Waals surface area contributed by atoms with Crippen molar-refractivity contribution in [3.63, 3.8) is 0 Å². The molecule has 2 heterocycles. The zero-order valence-electron chi connectivity index (χ0n) is 15.5. The first kappa shape index (κ1) is 18.3. The molecule has 7 nitrogen and oxygen atoms in total. The number of benzene rings is 2. The standard InChI is InChI=1S/C20H21ClN6O/c1-28-18-7-5-16(6-8-18)23-20-24-19(14-22-25-20)27-11-9-26(10-12-27)17-4-2-3-15(21)13-17/h2-8,13-14H,9-12H2,1H3,(H,23,24,25).